The fourth-order valence-corrected chi connectivity index (χ4v) is 4.34. The molecule has 0 aliphatic heterocycles. The van der Waals surface area contributed by atoms with Gasteiger partial charge in [0, 0.05) is 29.7 Å². The molecule has 1 aliphatic carbocycles. The van der Waals surface area contributed by atoms with Crippen molar-refractivity contribution >= 4 is 23.3 Å². The molecule has 0 radical (unpaired) electrons. The van der Waals surface area contributed by atoms with Crippen LogP contribution in [-0.4, -0.2) is 11.7 Å². The summed E-state index contributed by atoms with van der Waals surface area (Å²) < 4.78 is 0. The van der Waals surface area contributed by atoms with Crippen LogP contribution in [0.1, 0.15) is 61.8 Å². The molecular weight excluding hydrogens is 370 g/mol. The summed E-state index contributed by atoms with van der Waals surface area (Å²) in [6.45, 7) is 6.25. The summed E-state index contributed by atoms with van der Waals surface area (Å²) in [5, 5.41) is 3.95. The van der Waals surface area contributed by atoms with E-state index in [9.17, 15) is 9.59 Å². The normalized spacial score (nSPS) is 20.8. The van der Waals surface area contributed by atoms with Crippen molar-refractivity contribution in [1.82, 2.24) is 5.32 Å². The van der Waals surface area contributed by atoms with Crippen LogP contribution in [-0.2, 0) is 9.59 Å². The highest BCUT2D eigenvalue weighted by atomic mass is 35.5. The van der Waals surface area contributed by atoms with Gasteiger partial charge in [0.2, 0.25) is 5.91 Å². The first-order valence-electron chi connectivity index (χ1n) is 10.00. The van der Waals surface area contributed by atoms with E-state index in [0.717, 1.165) is 16.7 Å². The van der Waals surface area contributed by atoms with E-state index in [1.807, 2.05) is 49.4 Å². The zero-order valence-corrected chi connectivity index (χ0v) is 17.5. The van der Waals surface area contributed by atoms with Gasteiger partial charge < -0.3 is 5.32 Å². The highest BCUT2D eigenvalue weighted by Gasteiger charge is 2.37. The minimum absolute atomic E-state index is 0.0365. The molecule has 2 aromatic rings. The molecule has 3 rings (SSSR count). The number of benzene rings is 2. The minimum atomic E-state index is -0.188. The molecule has 1 saturated carbocycles. The lowest BCUT2D eigenvalue weighted by molar-refractivity contribution is -0.130. The second-order valence-electron chi connectivity index (χ2n) is 8.13. The molecule has 3 nitrogen and oxygen atoms in total. The third kappa shape index (κ3) is 4.64. The summed E-state index contributed by atoms with van der Waals surface area (Å²) >= 11 is 6.02. The maximum atomic E-state index is 13.3. The molecule has 1 aliphatic rings. The van der Waals surface area contributed by atoms with Gasteiger partial charge in [-0.25, -0.2) is 0 Å². The Labute approximate surface area is 172 Å². The predicted molar refractivity (Wildman–Crippen MR) is 113 cm³/mol. The van der Waals surface area contributed by atoms with Gasteiger partial charge in [-0.3, -0.25) is 9.59 Å². The molecule has 4 heteroatoms. The van der Waals surface area contributed by atoms with Crippen molar-refractivity contribution in [3.8, 4) is 0 Å². The van der Waals surface area contributed by atoms with Crippen LogP contribution < -0.4 is 5.32 Å². The maximum Gasteiger partial charge on any atom is 0.224 e. The number of carbonyl (C=O) groups is 2. The van der Waals surface area contributed by atoms with Gasteiger partial charge >= 0.3 is 0 Å². The third-order valence-corrected chi connectivity index (χ3v) is 6.04. The first-order valence-corrected chi connectivity index (χ1v) is 10.4. The summed E-state index contributed by atoms with van der Waals surface area (Å²) in [7, 11) is 0. The lowest BCUT2D eigenvalue weighted by Gasteiger charge is -2.33. The van der Waals surface area contributed by atoms with Gasteiger partial charge in [0.1, 0.15) is 5.78 Å². The molecule has 0 heterocycles. The van der Waals surface area contributed by atoms with Crippen LogP contribution in [0.15, 0.2) is 48.5 Å². The Morgan fingerprint density at radius 3 is 2.43 bits per heavy atom. The molecule has 28 heavy (non-hydrogen) atoms. The van der Waals surface area contributed by atoms with Gasteiger partial charge in [-0.15, -0.1) is 0 Å². The number of hydrogen-bond acceptors (Lipinski definition) is 2. The van der Waals surface area contributed by atoms with E-state index in [1.165, 1.54) is 0 Å². The number of ketones is 1. The van der Waals surface area contributed by atoms with Crippen molar-refractivity contribution in [2.24, 2.45) is 11.8 Å². The van der Waals surface area contributed by atoms with Crippen LogP contribution >= 0.6 is 11.6 Å². The number of Topliss-reactive ketones (excluding diaryl/α,β-unsaturated/α-hetero) is 1. The average molecular weight is 398 g/mol. The van der Waals surface area contributed by atoms with E-state index < -0.39 is 0 Å². The number of aryl methyl sites for hydroxylation is 1. The summed E-state index contributed by atoms with van der Waals surface area (Å²) in [4.78, 5) is 25.5. The molecule has 0 aromatic heterocycles. The summed E-state index contributed by atoms with van der Waals surface area (Å²) in [5.74, 6) is 0.282. The molecule has 0 spiro atoms. The second-order valence-corrected chi connectivity index (χ2v) is 8.57. The van der Waals surface area contributed by atoms with Gasteiger partial charge in [-0.05, 0) is 48.1 Å². The fourth-order valence-electron chi connectivity index (χ4n) is 4.22. The molecule has 1 amide bonds. The third-order valence-electron chi connectivity index (χ3n) is 5.79. The van der Waals surface area contributed by atoms with E-state index in [-0.39, 0.29) is 35.5 Å². The summed E-state index contributed by atoms with van der Waals surface area (Å²) in [5.41, 5.74) is 3.30. The van der Waals surface area contributed by atoms with E-state index in [0.29, 0.717) is 24.3 Å². The van der Waals surface area contributed by atoms with Crippen LogP contribution in [0.25, 0.3) is 0 Å². The van der Waals surface area contributed by atoms with Crippen LogP contribution in [0.5, 0.6) is 0 Å². The Balaban J connectivity index is 1.84. The monoisotopic (exact) mass is 397 g/mol. The quantitative estimate of drug-likeness (QED) is 0.712. The molecule has 2 aromatic carbocycles. The first kappa shape index (κ1) is 20.6. The molecule has 0 bridgehead atoms. The highest BCUT2D eigenvalue weighted by Crippen LogP contribution is 2.38. The molecule has 1 fully saturated rings. The minimum Gasteiger partial charge on any atom is -0.349 e. The predicted octanol–water partition coefficient (Wildman–Crippen LogP) is 5.61. The number of halogens is 1. The van der Waals surface area contributed by atoms with Crippen molar-refractivity contribution in [3.05, 3.63) is 70.2 Å². The van der Waals surface area contributed by atoms with E-state index in [4.69, 9.17) is 11.6 Å². The molecule has 3 atom stereocenters. The Bertz CT molecular complexity index is 844. The van der Waals surface area contributed by atoms with E-state index >= 15 is 0 Å². The smallest absolute Gasteiger partial charge is 0.224 e. The van der Waals surface area contributed by atoms with Crippen molar-refractivity contribution in [2.75, 3.05) is 0 Å². The number of hydrogen-bond donors (Lipinski definition) is 1. The average Bonchev–Trinajstić information content (AvgIpc) is 2.67. The zero-order valence-electron chi connectivity index (χ0n) is 16.7. The van der Waals surface area contributed by atoms with Crippen molar-refractivity contribution in [1.29, 1.82) is 0 Å². The van der Waals surface area contributed by atoms with Crippen LogP contribution in [0, 0.1) is 18.8 Å². The summed E-state index contributed by atoms with van der Waals surface area (Å²) in [6, 6.07) is 15.6. The Morgan fingerprint density at radius 1 is 1.11 bits per heavy atom. The lowest BCUT2D eigenvalue weighted by atomic mass is 9.73. The molecular formula is C24H28ClNO2. The van der Waals surface area contributed by atoms with Crippen molar-refractivity contribution in [2.45, 2.75) is 52.0 Å². The van der Waals surface area contributed by atoms with E-state index in [1.54, 1.807) is 0 Å². The van der Waals surface area contributed by atoms with E-state index in [2.05, 4.69) is 25.2 Å². The molecule has 0 saturated heterocycles. The largest absolute Gasteiger partial charge is 0.349 e. The number of rotatable bonds is 5. The lowest BCUT2D eigenvalue weighted by Crippen LogP contribution is -2.41. The molecule has 148 valence electrons. The van der Waals surface area contributed by atoms with Crippen LogP contribution in [0.4, 0.5) is 0 Å². The first-order chi connectivity index (χ1) is 13.4. The van der Waals surface area contributed by atoms with Crippen molar-refractivity contribution in [3.63, 3.8) is 0 Å². The topological polar surface area (TPSA) is 46.2 Å². The summed E-state index contributed by atoms with van der Waals surface area (Å²) in [6.07, 6.45) is 1.53. The maximum absolute atomic E-state index is 13.3. The van der Waals surface area contributed by atoms with Gasteiger partial charge in [0.25, 0.3) is 0 Å². The van der Waals surface area contributed by atoms with Gasteiger partial charge in [-0.2, -0.15) is 0 Å². The number of amides is 1. The zero-order chi connectivity index (χ0) is 20.3. The second kappa shape index (κ2) is 8.91. The van der Waals surface area contributed by atoms with Crippen LogP contribution in [0.3, 0.4) is 0 Å². The number of nitrogens with one attached hydrogen (secondary N) is 1. The standard InChI is InChI=1S/C24H28ClNO2/c1-15(2)23(17-8-10-18(25)11-9-17)26-24(28)21-13-12-19(27)14-22(21)20-7-5-4-6-16(20)3/h4-11,15,21-23H,12-14H2,1-3H3,(H,26,28). The van der Waals surface area contributed by atoms with Crippen LogP contribution in [0.2, 0.25) is 5.02 Å². The fraction of sp³-hybridized carbons (Fsp3) is 0.417. The van der Waals surface area contributed by atoms with Gasteiger partial charge in [0.15, 0.2) is 0 Å². The van der Waals surface area contributed by atoms with Gasteiger partial charge in [-0.1, -0.05) is 61.8 Å². The van der Waals surface area contributed by atoms with Crippen molar-refractivity contribution < 1.29 is 9.59 Å². The highest BCUT2D eigenvalue weighted by molar-refractivity contribution is 6.30. The number of carbonyl (C=O) groups excluding carboxylic acids is 2. The molecule has 3 unspecified atom stereocenters. The molecule has 1 N–H and O–H groups in total. The van der Waals surface area contributed by atoms with Gasteiger partial charge in [0.05, 0.1) is 6.04 Å². The Kier molecular flexibility index (Phi) is 6.56. The Morgan fingerprint density at radius 2 is 1.79 bits per heavy atom. The Hall–Kier alpha value is -2.13. The SMILES string of the molecule is Cc1ccccc1C1CC(=O)CCC1C(=O)NC(c1ccc(Cl)cc1)C(C)C.